The van der Waals surface area contributed by atoms with Gasteiger partial charge in [-0.2, -0.15) is 8.42 Å². The molecular formula is C9H13N3O6S. The molecule has 1 aromatic rings. The Labute approximate surface area is 109 Å². The summed E-state index contributed by atoms with van der Waals surface area (Å²) in [4.78, 5) is 13.7. The molecule has 1 aliphatic rings. The Morgan fingerprint density at radius 1 is 1.68 bits per heavy atom. The minimum Gasteiger partial charge on any atom is -0.440 e. The molecule has 0 saturated carbocycles. The molecule has 2 rings (SSSR count). The number of nitrogens with zero attached hydrogens (tertiary/aromatic N) is 3. The SMILES string of the molecule is CCC1Oc2nc([N+](=O)[O-])cn2CC1OS(C)(=O)=O. The number of nitro groups is 1. The predicted octanol–water partition coefficient (Wildman–Crippen LogP) is 0.307. The number of fused-ring (bicyclic) bond motifs is 1. The second-order valence-corrected chi connectivity index (χ2v) is 5.80. The zero-order valence-electron chi connectivity index (χ0n) is 10.3. The fourth-order valence-electron chi connectivity index (χ4n) is 1.88. The summed E-state index contributed by atoms with van der Waals surface area (Å²) < 4.78 is 34.1. The summed E-state index contributed by atoms with van der Waals surface area (Å²) in [5, 5.41) is 10.6. The number of hydrogen-bond acceptors (Lipinski definition) is 7. The van der Waals surface area contributed by atoms with Crippen molar-refractivity contribution in [3.05, 3.63) is 16.3 Å². The van der Waals surface area contributed by atoms with E-state index in [-0.39, 0.29) is 18.4 Å². The van der Waals surface area contributed by atoms with E-state index in [9.17, 15) is 18.5 Å². The lowest BCUT2D eigenvalue weighted by atomic mass is 10.1. The van der Waals surface area contributed by atoms with Crippen LogP contribution >= 0.6 is 0 Å². The van der Waals surface area contributed by atoms with Crippen LogP contribution in [-0.2, 0) is 20.8 Å². The third-order valence-electron chi connectivity index (χ3n) is 2.66. The van der Waals surface area contributed by atoms with E-state index in [0.29, 0.717) is 6.42 Å². The topological polar surface area (TPSA) is 114 Å². The smallest absolute Gasteiger partial charge is 0.414 e. The Bertz CT molecular complexity index is 595. The van der Waals surface area contributed by atoms with Gasteiger partial charge in [-0.1, -0.05) is 6.92 Å². The van der Waals surface area contributed by atoms with E-state index in [4.69, 9.17) is 8.92 Å². The minimum atomic E-state index is -3.63. The van der Waals surface area contributed by atoms with Gasteiger partial charge in [0.05, 0.1) is 12.8 Å². The van der Waals surface area contributed by atoms with Gasteiger partial charge in [-0.15, -0.1) is 0 Å². The number of hydrogen-bond donors (Lipinski definition) is 0. The molecule has 0 fully saturated rings. The zero-order chi connectivity index (χ0) is 14.2. The summed E-state index contributed by atoms with van der Waals surface area (Å²) in [5.41, 5.74) is 0. The quantitative estimate of drug-likeness (QED) is 0.445. The molecule has 19 heavy (non-hydrogen) atoms. The maximum Gasteiger partial charge on any atom is 0.414 e. The van der Waals surface area contributed by atoms with Gasteiger partial charge >= 0.3 is 11.8 Å². The highest BCUT2D eigenvalue weighted by Crippen LogP contribution is 2.27. The van der Waals surface area contributed by atoms with Crippen LogP contribution in [0.4, 0.5) is 5.82 Å². The van der Waals surface area contributed by atoms with Crippen molar-refractivity contribution in [3.8, 4) is 6.01 Å². The van der Waals surface area contributed by atoms with E-state index < -0.39 is 27.2 Å². The number of ether oxygens (including phenoxy) is 1. The third-order valence-corrected chi connectivity index (χ3v) is 3.26. The van der Waals surface area contributed by atoms with Crippen LogP contribution in [0.5, 0.6) is 6.01 Å². The molecule has 2 atom stereocenters. The Balaban J connectivity index is 2.27. The van der Waals surface area contributed by atoms with E-state index in [1.165, 1.54) is 10.8 Å². The van der Waals surface area contributed by atoms with Gasteiger partial charge in [-0.3, -0.25) is 8.75 Å². The largest absolute Gasteiger partial charge is 0.440 e. The summed E-state index contributed by atoms with van der Waals surface area (Å²) in [6, 6.07) is 0.104. The monoisotopic (exact) mass is 291 g/mol. The molecule has 106 valence electrons. The maximum absolute atomic E-state index is 11.2. The fraction of sp³-hybridized carbons (Fsp3) is 0.667. The van der Waals surface area contributed by atoms with Gasteiger partial charge in [0.1, 0.15) is 18.4 Å². The summed E-state index contributed by atoms with van der Waals surface area (Å²) in [5.74, 6) is -0.343. The van der Waals surface area contributed by atoms with Crippen molar-refractivity contribution < 1.29 is 22.3 Å². The summed E-state index contributed by atoms with van der Waals surface area (Å²) in [6.45, 7) is 1.94. The second-order valence-electron chi connectivity index (χ2n) is 4.19. The molecule has 1 aliphatic heterocycles. The second kappa shape index (κ2) is 4.78. The van der Waals surface area contributed by atoms with Crippen LogP contribution in [0.3, 0.4) is 0 Å². The molecule has 0 bridgehead atoms. The summed E-state index contributed by atoms with van der Waals surface area (Å²) in [6.07, 6.45) is 1.41. The van der Waals surface area contributed by atoms with Gasteiger partial charge in [0.15, 0.2) is 0 Å². The van der Waals surface area contributed by atoms with Crippen LogP contribution in [0.1, 0.15) is 13.3 Å². The van der Waals surface area contributed by atoms with Crippen LogP contribution in [0.25, 0.3) is 0 Å². The van der Waals surface area contributed by atoms with E-state index in [1.807, 2.05) is 0 Å². The van der Waals surface area contributed by atoms with Crippen molar-refractivity contribution in [1.82, 2.24) is 9.55 Å². The molecule has 0 aliphatic carbocycles. The molecule has 0 spiro atoms. The van der Waals surface area contributed by atoms with Crippen LogP contribution in [-0.4, -0.2) is 41.4 Å². The van der Waals surface area contributed by atoms with Crippen molar-refractivity contribution in [3.63, 3.8) is 0 Å². The Morgan fingerprint density at radius 2 is 2.37 bits per heavy atom. The van der Waals surface area contributed by atoms with E-state index in [1.54, 1.807) is 6.92 Å². The zero-order valence-corrected chi connectivity index (χ0v) is 11.2. The van der Waals surface area contributed by atoms with Gasteiger partial charge in [0.2, 0.25) is 0 Å². The van der Waals surface area contributed by atoms with Gasteiger partial charge in [0, 0.05) is 4.98 Å². The molecule has 1 aromatic heterocycles. The highest BCUT2D eigenvalue weighted by atomic mass is 32.2. The van der Waals surface area contributed by atoms with Gasteiger partial charge in [-0.05, 0) is 11.3 Å². The van der Waals surface area contributed by atoms with E-state index in [0.717, 1.165) is 6.26 Å². The molecule has 2 unspecified atom stereocenters. The molecule has 9 nitrogen and oxygen atoms in total. The standard InChI is InChI=1S/C9H13N3O6S/c1-3-6-7(18-19(2,15)16)4-11-5-8(12(13)14)10-9(11)17-6/h5-7H,3-4H2,1-2H3. The van der Waals surface area contributed by atoms with Crippen LogP contribution in [0.2, 0.25) is 0 Å². The third kappa shape index (κ3) is 3.01. The molecule has 0 radical (unpaired) electrons. The first-order chi connectivity index (χ1) is 8.80. The normalized spacial score (nSPS) is 22.6. The van der Waals surface area contributed by atoms with Crippen LogP contribution < -0.4 is 4.74 Å². The first-order valence-corrected chi connectivity index (χ1v) is 7.38. The highest BCUT2D eigenvalue weighted by Gasteiger charge is 2.36. The van der Waals surface area contributed by atoms with Gasteiger partial charge < -0.3 is 14.9 Å². The number of imidazole rings is 1. The molecule has 0 N–H and O–H groups in total. The molecular weight excluding hydrogens is 278 g/mol. The van der Waals surface area contributed by atoms with Gasteiger partial charge in [0.25, 0.3) is 10.1 Å². The van der Waals surface area contributed by atoms with Crippen molar-refractivity contribution in [1.29, 1.82) is 0 Å². The Kier molecular flexibility index (Phi) is 3.45. The maximum atomic E-state index is 11.2. The first kappa shape index (κ1) is 13.7. The van der Waals surface area contributed by atoms with Crippen LogP contribution in [0.15, 0.2) is 6.20 Å². The first-order valence-electron chi connectivity index (χ1n) is 5.56. The van der Waals surface area contributed by atoms with Gasteiger partial charge in [-0.25, -0.2) is 0 Å². The predicted molar refractivity (Wildman–Crippen MR) is 63.3 cm³/mol. The lowest BCUT2D eigenvalue weighted by Gasteiger charge is -2.29. The molecule has 10 heteroatoms. The summed E-state index contributed by atoms with van der Waals surface area (Å²) >= 11 is 0. The lowest BCUT2D eigenvalue weighted by Crippen LogP contribution is -2.42. The van der Waals surface area contributed by atoms with Crippen molar-refractivity contribution >= 4 is 15.9 Å². The Morgan fingerprint density at radius 3 is 2.89 bits per heavy atom. The lowest BCUT2D eigenvalue weighted by molar-refractivity contribution is -0.389. The van der Waals surface area contributed by atoms with E-state index >= 15 is 0 Å². The minimum absolute atomic E-state index is 0.104. The fourth-order valence-corrected chi connectivity index (χ4v) is 2.52. The van der Waals surface area contributed by atoms with Crippen molar-refractivity contribution in [2.45, 2.75) is 32.1 Å². The van der Waals surface area contributed by atoms with Crippen molar-refractivity contribution in [2.75, 3.05) is 6.26 Å². The number of aromatic nitrogens is 2. The summed E-state index contributed by atoms with van der Waals surface area (Å²) in [7, 11) is -3.63. The van der Waals surface area contributed by atoms with Crippen molar-refractivity contribution in [2.24, 2.45) is 0 Å². The van der Waals surface area contributed by atoms with E-state index in [2.05, 4.69) is 4.98 Å². The molecule has 0 amide bonds. The highest BCUT2D eigenvalue weighted by molar-refractivity contribution is 7.86. The van der Waals surface area contributed by atoms with Crippen LogP contribution in [0, 0.1) is 10.1 Å². The average Bonchev–Trinajstić information content (AvgIpc) is 2.68. The number of rotatable bonds is 4. The molecule has 0 saturated heterocycles. The molecule has 2 heterocycles. The molecule has 0 aromatic carbocycles. The Hall–Kier alpha value is -1.68. The average molecular weight is 291 g/mol.